The normalized spacial score (nSPS) is 20.0. The van der Waals surface area contributed by atoms with E-state index in [0.29, 0.717) is 38.8 Å². The second-order valence-corrected chi connectivity index (χ2v) is 13.4. The van der Waals surface area contributed by atoms with E-state index in [1.54, 1.807) is 34.6 Å². The van der Waals surface area contributed by atoms with Crippen LogP contribution in [0.4, 0.5) is 4.79 Å². The molecule has 0 radical (unpaired) electrons. The first kappa shape index (κ1) is 34.9. The number of amides is 3. The maximum Gasteiger partial charge on any atom is 0.411 e. The summed E-state index contributed by atoms with van der Waals surface area (Å²) >= 11 is 0. The smallest absolute Gasteiger partial charge is 0.411 e. The van der Waals surface area contributed by atoms with Crippen molar-refractivity contribution in [3.8, 4) is 0 Å². The Balaban J connectivity index is 1.71. The summed E-state index contributed by atoms with van der Waals surface area (Å²) in [7, 11) is 1.52. The van der Waals surface area contributed by atoms with Crippen molar-refractivity contribution in [1.29, 1.82) is 0 Å². The van der Waals surface area contributed by atoms with Crippen LogP contribution < -0.4 is 0 Å². The molecular weight excluding hydrogens is 566 g/mol. The summed E-state index contributed by atoms with van der Waals surface area (Å²) in [5, 5.41) is 0. The number of rotatable bonds is 10. The molecule has 0 aromatic heterocycles. The number of esters is 2. The zero-order valence-corrected chi connectivity index (χ0v) is 27.4. The number of hydrogen-bond acceptors (Lipinski definition) is 8. The Kier molecular flexibility index (Phi) is 11.8. The molecule has 11 nitrogen and oxygen atoms in total. The first-order valence-electron chi connectivity index (χ1n) is 15.6. The van der Waals surface area contributed by atoms with Crippen LogP contribution in [0, 0.1) is 11.8 Å². The molecule has 2 aliphatic heterocycles. The molecule has 2 unspecified atom stereocenters. The van der Waals surface area contributed by atoms with E-state index in [9.17, 15) is 24.0 Å². The molecule has 244 valence electrons. The van der Waals surface area contributed by atoms with Gasteiger partial charge in [0.25, 0.3) is 5.91 Å². The van der Waals surface area contributed by atoms with Gasteiger partial charge in [-0.25, -0.2) is 14.4 Å². The summed E-state index contributed by atoms with van der Waals surface area (Å²) in [6, 6.07) is 6.83. The number of benzene rings is 1. The first-order chi connectivity index (χ1) is 20.6. The number of likely N-dealkylation sites (tertiary alicyclic amines) is 2. The lowest BCUT2D eigenvalue weighted by atomic mass is 9.98. The molecule has 2 heterocycles. The highest BCUT2D eigenvalue weighted by Crippen LogP contribution is 2.26. The van der Waals surface area contributed by atoms with Gasteiger partial charge in [0.1, 0.15) is 30.3 Å². The minimum Gasteiger partial charge on any atom is -0.459 e. The van der Waals surface area contributed by atoms with Gasteiger partial charge in [0.2, 0.25) is 5.91 Å². The topological polar surface area (TPSA) is 123 Å². The summed E-state index contributed by atoms with van der Waals surface area (Å²) in [5.41, 5.74) is 0.127. The maximum absolute atomic E-state index is 13.9. The van der Waals surface area contributed by atoms with Gasteiger partial charge in [0, 0.05) is 20.1 Å². The van der Waals surface area contributed by atoms with E-state index in [4.69, 9.17) is 14.2 Å². The molecule has 3 amide bonds. The number of ether oxygens (including phenoxy) is 3. The second-order valence-electron chi connectivity index (χ2n) is 13.4. The number of carbonyl (C=O) groups is 5. The van der Waals surface area contributed by atoms with Crippen molar-refractivity contribution >= 4 is 29.8 Å². The summed E-state index contributed by atoms with van der Waals surface area (Å²) < 4.78 is 16.8. The monoisotopic (exact) mass is 615 g/mol. The van der Waals surface area contributed by atoms with Gasteiger partial charge in [0.05, 0.1) is 0 Å². The van der Waals surface area contributed by atoms with Gasteiger partial charge in [-0.3, -0.25) is 14.5 Å². The average Bonchev–Trinajstić information content (AvgIpc) is 3.64. The van der Waals surface area contributed by atoms with E-state index < -0.39 is 59.7 Å². The fourth-order valence-electron chi connectivity index (χ4n) is 5.73. The number of hydrogen-bond donors (Lipinski definition) is 0. The van der Waals surface area contributed by atoms with Crippen molar-refractivity contribution in [2.75, 3.05) is 20.1 Å². The third-order valence-electron chi connectivity index (χ3n) is 7.93. The fourth-order valence-corrected chi connectivity index (χ4v) is 5.73. The molecule has 0 N–H and O–H groups in total. The van der Waals surface area contributed by atoms with Crippen molar-refractivity contribution in [3.63, 3.8) is 0 Å². The van der Waals surface area contributed by atoms with E-state index in [1.807, 2.05) is 44.2 Å². The molecule has 1 aromatic carbocycles. The van der Waals surface area contributed by atoms with Gasteiger partial charge in [0.15, 0.2) is 6.10 Å². The van der Waals surface area contributed by atoms with Crippen LogP contribution in [-0.4, -0.2) is 94.5 Å². The van der Waals surface area contributed by atoms with Crippen LogP contribution in [0.25, 0.3) is 0 Å². The average molecular weight is 616 g/mol. The molecule has 2 fully saturated rings. The fraction of sp³-hybridized carbons (Fsp3) is 0.667. The Hall–Kier alpha value is -3.63. The van der Waals surface area contributed by atoms with Crippen LogP contribution in [0.15, 0.2) is 30.3 Å². The van der Waals surface area contributed by atoms with Crippen LogP contribution in [0.3, 0.4) is 0 Å². The van der Waals surface area contributed by atoms with Crippen molar-refractivity contribution in [2.45, 2.75) is 111 Å². The molecule has 0 aliphatic carbocycles. The summed E-state index contributed by atoms with van der Waals surface area (Å²) in [4.78, 5) is 71.1. The van der Waals surface area contributed by atoms with E-state index >= 15 is 0 Å². The summed E-state index contributed by atoms with van der Waals surface area (Å²) in [6.45, 7) is 13.3. The SMILES string of the molecule is CC(C)C(OC(=O)[C@@H]1CCCN1C(=O)OC(C)(C)C)C(=O)N(C)[C@H](C(=O)N1CCCC1C(=O)OCc1ccccc1)C(C)C. The quantitative estimate of drug-likeness (QED) is 0.284. The molecule has 44 heavy (non-hydrogen) atoms. The standard InChI is InChI=1S/C33H49N3O8/c1-21(2)26(28(37)35-18-12-16-24(35)30(39)42-20-23-14-10-9-11-15-23)34(8)29(38)27(22(3)4)43-31(40)25-17-13-19-36(25)32(41)44-33(5,6)7/h9-11,14-15,21-22,24-27H,12-13,16-20H2,1-8H3/t24?,25-,26-,27?/m0/s1. The lowest BCUT2D eigenvalue weighted by Gasteiger charge is -2.37. The molecule has 0 spiro atoms. The summed E-state index contributed by atoms with van der Waals surface area (Å²) in [5.74, 6) is -2.72. The molecule has 1 aromatic rings. The minimum absolute atomic E-state index is 0.109. The third kappa shape index (κ3) is 8.72. The minimum atomic E-state index is -1.17. The van der Waals surface area contributed by atoms with Crippen molar-refractivity contribution in [1.82, 2.24) is 14.7 Å². The highest BCUT2D eigenvalue weighted by atomic mass is 16.6. The van der Waals surface area contributed by atoms with Crippen LogP contribution in [0.1, 0.15) is 79.7 Å². The largest absolute Gasteiger partial charge is 0.459 e. The predicted octanol–water partition coefficient (Wildman–Crippen LogP) is 4.17. The van der Waals surface area contributed by atoms with Crippen molar-refractivity contribution < 1.29 is 38.2 Å². The summed E-state index contributed by atoms with van der Waals surface area (Å²) in [6.07, 6.45) is 0.345. The van der Waals surface area contributed by atoms with Crippen LogP contribution in [-0.2, 0) is 40.0 Å². The molecule has 2 aliphatic rings. The molecule has 2 saturated heterocycles. The van der Waals surface area contributed by atoms with E-state index in [2.05, 4.69) is 0 Å². The Labute approximate surface area is 261 Å². The zero-order chi connectivity index (χ0) is 32.8. The predicted molar refractivity (Wildman–Crippen MR) is 163 cm³/mol. The van der Waals surface area contributed by atoms with Gasteiger partial charge < -0.3 is 24.0 Å². The van der Waals surface area contributed by atoms with Crippen LogP contribution >= 0.6 is 0 Å². The first-order valence-corrected chi connectivity index (χ1v) is 15.6. The molecular formula is C33H49N3O8. The van der Waals surface area contributed by atoms with Crippen LogP contribution in [0.5, 0.6) is 0 Å². The molecule has 11 heteroatoms. The van der Waals surface area contributed by atoms with Crippen molar-refractivity contribution in [2.24, 2.45) is 11.8 Å². The maximum atomic E-state index is 13.9. The van der Waals surface area contributed by atoms with E-state index in [1.165, 1.54) is 21.7 Å². The number of likely N-dealkylation sites (N-methyl/N-ethyl adjacent to an activating group) is 1. The van der Waals surface area contributed by atoms with E-state index in [-0.39, 0.29) is 18.4 Å². The molecule has 0 bridgehead atoms. The lowest BCUT2D eigenvalue weighted by Crippen LogP contribution is -2.57. The molecule has 4 atom stereocenters. The Morgan fingerprint density at radius 3 is 1.98 bits per heavy atom. The Morgan fingerprint density at radius 2 is 1.43 bits per heavy atom. The highest BCUT2D eigenvalue weighted by Gasteiger charge is 2.44. The second kappa shape index (κ2) is 14.9. The van der Waals surface area contributed by atoms with Crippen molar-refractivity contribution in [3.05, 3.63) is 35.9 Å². The van der Waals surface area contributed by atoms with E-state index in [0.717, 1.165) is 5.56 Å². The number of nitrogens with zero attached hydrogens (tertiary/aromatic N) is 3. The van der Waals surface area contributed by atoms with Crippen LogP contribution in [0.2, 0.25) is 0 Å². The molecule has 0 saturated carbocycles. The zero-order valence-electron chi connectivity index (χ0n) is 27.4. The third-order valence-corrected chi connectivity index (χ3v) is 7.93. The van der Waals surface area contributed by atoms with Gasteiger partial charge in [-0.15, -0.1) is 0 Å². The lowest BCUT2D eigenvalue weighted by molar-refractivity contribution is -0.169. The van der Waals surface area contributed by atoms with Gasteiger partial charge in [-0.1, -0.05) is 58.0 Å². The van der Waals surface area contributed by atoms with Gasteiger partial charge >= 0.3 is 18.0 Å². The Morgan fingerprint density at radius 1 is 0.864 bits per heavy atom. The highest BCUT2D eigenvalue weighted by molar-refractivity contribution is 5.93. The number of carbonyl (C=O) groups excluding carboxylic acids is 5. The molecule has 3 rings (SSSR count). The van der Waals surface area contributed by atoms with Gasteiger partial charge in [-0.05, 0) is 63.9 Å². The Bertz CT molecular complexity index is 1180. The van der Waals surface area contributed by atoms with Gasteiger partial charge in [-0.2, -0.15) is 0 Å².